The number of carboxylic acids is 1. The van der Waals surface area contributed by atoms with E-state index < -0.39 is 36.1 Å². The van der Waals surface area contributed by atoms with Crippen LogP contribution in [0.25, 0.3) is 0 Å². The Kier molecular flexibility index (Phi) is 5.61. The molecule has 1 fully saturated rings. The van der Waals surface area contributed by atoms with E-state index in [0.717, 1.165) is 4.90 Å². The molecule has 0 saturated carbocycles. The molecule has 1 aliphatic heterocycles. The van der Waals surface area contributed by atoms with Crippen molar-refractivity contribution < 1.29 is 27.9 Å². The fourth-order valence-electron chi connectivity index (χ4n) is 2.51. The Labute approximate surface area is 121 Å². The van der Waals surface area contributed by atoms with Gasteiger partial charge in [-0.25, -0.2) is 0 Å². The lowest BCUT2D eigenvalue weighted by Gasteiger charge is -2.37. The number of hydrogen-bond acceptors (Lipinski definition) is 3. The Morgan fingerprint density at radius 1 is 1.38 bits per heavy atom. The molecule has 0 aromatic heterocycles. The summed E-state index contributed by atoms with van der Waals surface area (Å²) in [6.07, 6.45) is -4.93. The highest BCUT2D eigenvalue weighted by atomic mass is 19.4. The Bertz CT molecular complexity index is 391. The van der Waals surface area contributed by atoms with Crippen molar-refractivity contribution in [2.75, 3.05) is 19.6 Å². The van der Waals surface area contributed by atoms with Crippen LogP contribution in [0, 0.1) is 5.41 Å². The maximum Gasteiger partial charge on any atom is 0.404 e. The van der Waals surface area contributed by atoms with Crippen molar-refractivity contribution in [2.45, 2.75) is 45.3 Å². The number of rotatable bonds is 6. The summed E-state index contributed by atoms with van der Waals surface area (Å²) in [5.74, 6) is -1.99. The molecule has 0 aromatic rings. The molecule has 1 aliphatic rings. The van der Waals surface area contributed by atoms with Gasteiger partial charge in [-0.3, -0.25) is 9.59 Å². The van der Waals surface area contributed by atoms with E-state index in [2.05, 4.69) is 5.32 Å². The zero-order chi connectivity index (χ0) is 16.3. The van der Waals surface area contributed by atoms with E-state index in [0.29, 0.717) is 0 Å². The van der Waals surface area contributed by atoms with E-state index in [1.165, 1.54) is 0 Å². The number of carboxylic acid groups (broad SMARTS) is 1. The van der Waals surface area contributed by atoms with Gasteiger partial charge >= 0.3 is 12.1 Å². The molecule has 1 heterocycles. The van der Waals surface area contributed by atoms with E-state index in [1.807, 2.05) is 0 Å². The zero-order valence-corrected chi connectivity index (χ0v) is 12.2. The van der Waals surface area contributed by atoms with Gasteiger partial charge in [0.05, 0.1) is 0 Å². The summed E-state index contributed by atoms with van der Waals surface area (Å²) in [4.78, 5) is 24.1. The van der Waals surface area contributed by atoms with Crippen molar-refractivity contribution in [1.29, 1.82) is 0 Å². The lowest BCUT2D eigenvalue weighted by atomic mass is 9.84. The number of alkyl halides is 3. The molecule has 0 radical (unpaired) electrons. The quantitative estimate of drug-likeness (QED) is 0.782. The van der Waals surface area contributed by atoms with Crippen molar-refractivity contribution in [2.24, 2.45) is 5.41 Å². The highest BCUT2D eigenvalue weighted by Gasteiger charge is 2.62. The summed E-state index contributed by atoms with van der Waals surface area (Å²) in [5.41, 5.74) is -2.39. The van der Waals surface area contributed by atoms with Crippen molar-refractivity contribution in [3.05, 3.63) is 0 Å². The van der Waals surface area contributed by atoms with Crippen LogP contribution in [0.4, 0.5) is 13.2 Å². The fourth-order valence-corrected chi connectivity index (χ4v) is 2.51. The highest BCUT2D eigenvalue weighted by molar-refractivity contribution is 5.84. The van der Waals surface area contributed by atoms with Gasteiger partial charge in [0.15, 0.2) is 5.41 Å². The molecule has 8 heteroatoms. The molecule has 0 bridgehead atoms. The Morgan fingerprint density at radius 3 is 2.38 bits per heavy atom. The predicted octanol–water partition coefficient (Wildman–Crippen LogP) is 1.63. The molecule has 1 atom stereocenters. The first kappa shape index (κ1) is 17.7. The zero-order valence-electron chi connectivity index (χ0n) is 12.2. The van der Waals surface area contributed by atoms with Gasteiger partial charge in [-0.1, -0.05) is 0 Å². The Morgan fingerprint density at radius 2 is 2.00 bits per heavy atom. The summed E-state index contributed by atoms with van der Waals surface area (Å²) in [6, 6.07) is -0.411. The normalized spacial score (nSPS) is 22.6. The van der Waals surface area contributed by atoms with Gasteiger partial charge < -0.3 is 15.3 Å². The average molecular weight is 310 g/mol. The van der Waals surface area contributed by atoms with Gasteiger partial charge in [-0.2, -0.15) is 13.2 Å². The third-order valence-corrected chi connectivity index (χ3v) is 3.78. The highest BCUT2D eigenvalue weighted by Crippen LogP contribution is 2.44. The van der Waals surface area contributed by atoms with Gasteiger partial charge in [0.1, 0.15) is 0 Å². The summed E-state index contributed by atoms with van der Waals surface area (Å²) in [6.45, 7) is 3.00. The summed E-state index contributed by atoms with van der Waals surface area (Å²) in [5, 5.41) is 11.2. The van der Waals surface area contributed by atoms with Crippen molar-refractivity contribution >= 4 is 11.9 Å². The summed E-state index contributed by atoms with van der Waals surface area (Å²) >= 11 is 0. The minimum Gasteiger partial charge on any atom is -0.481 e. The third-order valence-electron chi connectivity index (χ3n) is 3.78. The predicted molar refractivity (Wildman–Crippen MR) is 69.7 cm³/mol. The van der Waals surface area contributed by atoms with Crippen molar-refractivity contribution in [1.82, 2.24) is 10.2 Å². The van der Waals surface area contributed by atoms with Gasteiger partial charge in [0.25, 0.3) is 0 Å². The van der Waals surface area contributed by atoms with E-state index in [4.69, 9.17) is 5.11 Å². The molecular formula is C13H21F3N2O3. The maximum absolute atomic E-state index is 13.4. The molecule has 1 saturated heterocycles. The SMILES string of the molecule is CC(C)N(CCCC(=O)O)C(=O)C1(C(F)(F)F)CCNC1. The molecule has 0 aliphatic carbocycles. The van der Waals surface area contributed by atoms with Gasteiger partial charge in [-0.15, -0.1) is 0 Å². The van der Waals surface area contributed by atoms with Gasteiger partial charge in [0, 0.05) is 25.6 Å². The summed E-state index contributed by atoms with van der Waals surface area (Å²) < 4.78 is 40.1. The average Bonchev–Trinajstić information content (AvgIpc) is 2.83. The maximum atomic E-state index is 13.4. The van der Waals surface area contributed by atoms with Crippen molar-refractivity contribution in [3.63, 3.8) is 0 Å². The number of carbonyl (C=O) groups excluding carboxylic acids is 1. The van der Waals surface area contributed by atoms with Crippen LogP contribution < -0.4 is 5.32 Å². The largest absolute Gasteiger partial charge is 0.481 e. The fraction of sp³-hybridized carbons (Fsp3) is 0.846. The second-order valence-corrected chi connectivity index (χ2v) is 5.60. The minimum atomic E-state index is -4.62. The van der Waals surface area contributed by atoms with Gasteiger partial charge in [0.2, 0.25) is 5.91 Å². The molecule has 1 amide bonds. The number of nitrogens with one attached hydrogen (secondary N) is 1. The number of nitrogens with zero attached hydrogens (tertiary/aromatic N) is 1. The second-order valence-electron chi connectivity index (χ2n) is 5.60. The standard InChI is InChI=1S/C13H21F3N2O3/c1-9(2)18(7-3-4-10(19)20)11(21)12(13(14,15)16)5-6-17-8-12/h9,17H,3-8H2,1-2H3,(H,19,20). The molecule has 5 nitrogen and oxygen atoms in total. The van der Waals surface area contributed by atoms with E-state index in [1.54, 1.807) is 13.8 Å². The Balaban J connectivity index is 2.90. The van der Waals surface area contributed by atoms with Crippen LogP contribution in [-0.4, -0.2) is 53.7 Å². The first-order valence-corrected chi connectivity index (χ1v) is 6.92. The number of hydrogen-bond donors (Lipinski definition) is 2. The van der Waals surface area contributed by atoms with Crippen LogP contribution in [-0.2, 0) is 9.59 Å². The minimum absolute atomic E-state index is 0.0145. The number of halogens is 3. The summed E-state index contributed by atoms with van der Waals surface area (Å²) in [7, 11) is 0. The lowest BCUT2D eigenvalue weighted by Crippen LogP contribution is -2.55. The molecule has 1 unspecified atom stereocenters. The molecule has 21 heavy (non-hydrogen) atoms. The molecule has 1 rings (SSSR count). The second kappa shape index (κ2) is 6.64. The molecule has 0 spiro atoms. The number of amides is 1. The molecule has 2 N–H and O–H groups in total. The number of aliphatic carboxylic acids is 1. The third kappa shape index (κ3) is 3.87. The Hall–Kier alpha value is -1.31. The first-order chi connectivity index (χ1) is 9.62. The van der Waals surface area contributed by atoms with Crippen LogP contribution in [0.1, 0.15) is 33.1 Å². The topological polar surface area (TPSA) is 69.6 Å². The van der Waals surface area contributed by atoms with Crippen LogP contribution in [0.2, 0.25) is 0 Å². The molecular weight excluding hydrogens is 289 g/mol. The van der Waals surface area contributed by atoms with E-state index in [9.17, 15) is 22.8 Å². The van der Waals surface area contributed by atoms with Gasteiger partial charge in [-0.05, 0) is 33.2 Å². The van der Waals surface area contributed by atoms with Crippen LogP contribution in [0.5, 0.6) is 0 Å². The van der Waals surface area contributed by atoms with E-state index >= 15 is 0 Å². The lowest BCUT2D eigenvalue weighted by molar-refractivity contribution is -0.222. The molecule has 0 aromatic carbocycles. The molecule has 122 valence electrons. The van der Waals surface area contributed by atoms with Crippen molar-refractivity contribution in [3.8, 4) is 0 Å². The monoisotopic (exact) mass is 310 g/mol. The van der Waals surface area contributed by atoms with Crippen LogP contribution >= 0.6 is 0 Å². The van der Waals surface area contributed by atoms with E-state index in [-0.39, 0.29) is 32.4 Å². The first-order valence-electron chi connectivity index (χ1n) is 6.92. The number of carbonyl (C=O) groups is 2. The van der Waals surface area contributed by atoms with Crippen LogP contribution in [0.3, 0.4) is 0 Å². The van der Waals surface area contributed by atoms with Crippen LogP contribution in [0.15, 0.2) is 0 Å². The smallest absolute Gasteiger partial charge is 0.404 e.